The first-order valence-electron chi connectivity index (χ1n) is 5.54. The van der Waals surface area contributed by atoms with E-state index in [-0.39, 0.29) is 12.4 Å². The van der Waals surface area contributed by atoms with E-state index >= 15 is 0 Å². The van der Waals surface area contributed by atoms with Crippen LogP contribution in [0.4, 0.5) is 0 Å². The van der Waals surface area contributed by atoms with Crippen LogP contribution in [0.1, 0.15) is 37.0 Å². The van der Waals surface area contributed by atoms with Crippen LogP contribution in [0.5, 0.6) is 0 Å². The van der Waals surface area contributed by atoms with Crippen LogP contribution in [-0.4, -0.2) is 17.7 Å². The van der Waals surface area contributed by atoms with E-state index in [0.29, 0.717) is 6.61 Å². The number of ether oxygens (including phenoxy) is 1. The van der Waals surface area contributed by atoms with Crippen LogP contribution in [0.25, 0.3) is 0 Å². The number of aliphatic hydroxyl groups is 1. The first kappa shape index (κ1) is 12.7. The second-order valence-electron chi connectivity index (χ2n) is 3.80. The van der Waals surface area contributed by atoms with Gasteiger partial charge in [-0.1, -0.05) is 31.2 Å². The predicted molar refractivity (Wildman–Crippen MR) is 62.0 cm³/mol. The Morgan fingerprint density at radius 2 is 2.12 bits per heavy atom. The molecule has 0 aromatic heterocycles. The van der Waals surface area contributed by atoms with E-state index in [9.17, 15) is 9.90 Å². The van der Waals surface area contributed by atoms with Gasteiger partial charge in [-0.3, -0.25) is 4.79 Å². The van der Waals surface area contributed by atoms with Crippen molar-refractivity contribution >= 4 is 5.97 Å². The van der Waals surface area contributed by atoms with Crippen molar-refractivity contribution in [2.75, 3.05) is 6.61 Å². The van der Waals surface area contributed by atoms with Gasteiger partial charge in [0.1, 0.15) is 0 Å². The van der Waals surface area contributed by atoms with E-state index in [2.05, 4.69) is 0 Å². The van der Waals surface area contributed by atoms with Crippen molar-refractivity contribution in [1.82, 2.24) is 0 Å². The fourth-order valence-electron chi connectivity index (χ4n) is 1.50. The first-order valence-corrected chi connectivity index (χ1v) is 5.54. The summed E-state index contributed by atoms with van der Waals surface area (Å²) < 4.78 is 4.92. The number of aryl methyl sites for hydroxylation is 1. The molecule has 1 atom stereocenters. The molecule has 0 spiro atoms. The normalized spacial score (nSPS) is 12.2. The maximum absolute atomic E-state index is 11.3. The molecule has 3 heteroatoms. The molecule has 0 amide bonds. The molecule has 88 valence electrons. The molecule has 1 rings (SSSR count). The van der Waals surface area contributed by atoms with E-state index in [4.69, 9.17) is 4.74 Å². The van der Waals surface area contributed by atoms with Crippen LogP contribution in [0.2, 0.25) is 0 Å². The molecule has 0 aliphatic carbocycles. The van der Waals surface area contributed by atoms with Crippen molar-refractivity contribution in [2.45, 2.75) is 32.8 Å². The summed E-state index contributed by atoms with van der Waals surface area (Å²) in [5.41, 5.74) is 1.77. The summed E-state index contributed by atoms with van der Waals surface area (Å²) >= 11 is 0. The number of hydrogen-bond acceptors (Lipinski definition) is 3. The maximum Gasteiger partial charge on any atom is 0.308 e. The average Bonchev–Trinajstić information content (AvgIpc) is 2.26. The summed E-state index contributed by atoms with van der Waals surface area (Å²) in [6.07, 6.45) is 0.0439. The van der Waals surface area contributed by atoms with E-state index in [1.54, 1.807) is 0 Å². The molecule has 0 saturated carbocycles. The third-order valence-electron chi connectivity index (χ3n) is 2.37. The largest absolute Gasteiger partial charge is 0.466 e. The van der Waals surface area contributed by atoms with Crippen molar-refractivity contribution in [3.8, 4) is 0 Å². The second-order valence-corrected chi connectivity index (χ2v) is 3.80. The Bertz CT molecular complexity index is 347. The predicted octanol–water partition coefficient (Wildman–Crippen LogP) is 2.37. The topological polar surface area (TPSA) is 46.5 Å². The number of carbonyl (C=O) groups excluding carboxylic acids is 1. The van der Waals surface area contributed by atoms with Crippen LogP contribution >= 0.6 is 0 Å². The van der Waals surface area contributed by atoms with Gasteiger partial charge in [-0.2, -0.15) is 0 Å². The third kappa shape index (κ3) is 3.66. The highest BCUT2D eigenvalue weighted by molar-refractivity contribution is 5.70. The fourth-order valence-corrected chi connectivity index (χ4v) is 1.50. The van der Waals surface area contributed by atoms with Crippen molar-refractivity contribution < 1.29 is 14.6 Å². The summed E-state index contributed by atoms with van der Waals surface area (Å²) in [6.45, 7) is 4.26. The third-order valence-corrected chi connectivity index (χ3v) is 2.37. The molecule has 1 aromatic rings. The van der Waals surface area contributed by atoms with Crippen molar-refractivity contribution in [3.63, 3.8) is 0 Å². The van der Waals surface area contributed by atoms with Gasteiger partial charge in [0.05, 0.1) is 19.1 Å². The van der Waals surface area contributed by atoms with Crippen LogP contribution < -0.4 is 0 Å². The maximum atomic E-state index is 11.3. The minimum absolute atomic E-state index is 0.0187. The average molecular weight is 222 g/mol. The van der Waals surface area contributed by atoms with Crippen LogP contribution in [0, 0.1) is 6.92 Å². The Hall–Kier alpha value is -1.35. The lowest BCUT2D eigenvalue weighted by molar-refractivity contribution is -0.146. The zero-order valence-electron chi connectivity index (χ0n) is 9.77. The lowest BCUT2D eigenvalue weighted by atomic mass is 10.0. The number of hydrogen-bond donors (Lipinski definition) is 1. The van der Waals surface area contributed by atoms with Crippen molar-refractivity contribution in [2.24, 2.45) is 0 Å². The van der Waals surface area contributed by atoms with Crippen LogP contribution in [-0.2, 0) is 9.53 Å². The lowest BCUT2D eigenvalue weighted by Crippen LogP contribution is -2.11. The molecule has 1 N–H and O–H groups in total. The molecule has 0 radical (unpaired) electrons. The summed E-state index contributed by atoms with van der Waals surface area (Å²) in [7, 11) is 0. The minimum atomic E-state index is -0.773. The molecule has 16 heavy (non-hydrogen) atoms. The molecule has 0 aliphatic rings. The molecule has 0 fully saturated rings. The Morgan fingerprint density at radius 3 is 2.75 bits per heavy atom. The molecule has 0 heterocycles. The first-order chi connectivity index (χ1) is 7.65. The monoisotopic (exact) mass is 222 g/mol. The van der Waals surface area contributed by atoms with Gasteiger partial charge in [0, 0.05) is 0 Å². The number of esters is 1. The molecule has 0 bridgehead atoms. The molecule has 0 aliphatic heterocycles. The van der Waals surface area contributed by atoms with Crippen molar-refractivity contribution in [3.05, 3.63) is 35.4 Å². The number of carbonyl (C=O) groups is 1. The van der Waals surface area contributed by atoms with Crippen molar-refractivity contribution in [1.29, 1.82) is 0 Å². The zero-order chi connectivity index (χ0) is 12.0. The van der Waals surface area contributed by atoms with E-state index in [1.807, 2.05) is 38.1 Å². The van der Waals surface area contributed by atoms with Gasteiger partial charge in [-0.25, -0.2) is 0 Å². The summed E-state index contributed by atoms with van der Waals surface area (Å²) in [5, 5.41) is 9.87. The highest BCUT2D eigenvalue weighted by Gasteiger charge is 2.15. The van der Waals surface area contributed by atoms with Gasteiger partial charge in [0.15, 0.2) is 0 Å². The molecule has 3 nitrogen and oxygen atoms in total. The summed E-state index contributed by atoms with van der Waals surface area (Å²) in [5.74, 6) is -0.349. The molecule has 1 aromatic carbocycles. The summed E-state index contributed by atoms with van der Waals surface area (Å²) in [6, 6.07) is 7.49. The highest BCUT2D eigenvalue weighted by Crippen LogP contribution is 2.20. The number of aliphatic hydroxyl groups excluding tert-OH is 1. The highest BCUT2D eigenvalue weighted by atomic mass is 16.5. The number of rotatable bonds is 5. The molecule has 1 unspecified atom stereocenters. The lowest BCUT2D eigenvalue weighted by Gasteiger charge is -2.12. The Labute approximate surface area is 96.1 Å². The Kier molecular flexibility index (Phi) is 4.99. The molecular formula is C13H18O3. The van der Waals surface area contributed by atoms with Crippen LogP contribution in [0.3, 0.4) is 0 Å². The zero-order valence-corrected chi connectivity index (χ0v) is 9.77. The molecular weight excluding hydrogens is 204 g/mol. The van der Waals surface area contributed by atoms with Gasteiger partial charge in [0.2, 0.25) is 0 Å². The van der Waals surface area contributed by atoms with Crippen LogP contribution in [0.15, 0.2) is 24.3 Å². The van der Waals surface area contributed by atoms with Gasteiger partial charge in [-0.15, -0.1) is 0 Å². The van der Waals surface area contributed by atoms with Gasteiger partial charge < -0.3 is 9.84 Å². The van der Waals surface area contributed by atoms with Gasteiger partial charge >= 0.3 is 5.97 Å². The molecule has 0 saturated heterocycles. The van der Waals surface area contributed by atoms with Gasteiger partial charge in [0.25, 0.3) is 0 Å². The minimum Gasteiger partial charge on any atom is -0.466 e. The van der Waals surface area contributed by atoms with Gasteiger partial charge in [-0.05, 0) is 24.5 Å². The smallest absolute Gasteiger partial charge is 0.308 e. The summed E-state index contributed by atoms with van der Waals surface area (Å²) in [4.78, 5) is 11.3. The quantitative estimate of drug-likeness (QED) is 0.778. The second kappa shape index (κ2) is 6.28. The van der Waals surface area contributed by atoms with E-state index in [0.717, 1.165) is 17.5 Å². The van der Waals surface area contributed by atoms with E-state index < -0.39 is 6.10 Å². The standard InChI is InChI=1S/C13H18O3/c1-3-8-16-13(15)9-12(14)11-7-5-4-6-10(11)2/h4-7,12,14H,3,8-9H2,1-2H3. The Morgan fingerprint density at radius 1 is 1.44 bits per heavy atom. The number of benzene rings is 1. The SMILES string of the molecule is CCCOC(=O)CC(O)c1ccccc1C. The fraction of sp³-hybridized carbons (Fsp3) is 0.462. The van der Waals surface area contributed by atoms with E-state index in [1.165, 1.54) is 0 Å². The Balaban J connectivity index is 2.55.